The van der Waals surface area contributed by atoms with Gasteiger partial charge in [0.1, 0.15) is 0 Å². The molecule has 0 aromatic rings. The summed E-state index contributed by atoms with van der Waals surface area (Å²) < 4.78 is 0. The lowest BCUT2D eigenvalue weighted by Crippen LogP contribution is -1.86. The van der Waals surface area contributed by atoms with Gasteiger partial charge in [0, 0.05) is 0 Å². The van der Waals surface area contributed by atoms with Crippen LogP contribution in [0.3, 0.4) is 0 Å². The molecule has 0 nitrogen and oxygen atoms in total. The van der Waals surface area contributed by atoms with Crippen molar-refractivity contribution in [3.05, 3.63) is 37.0 Å². The third-order valence-electron chi connectivity index (χ3n) is 1.40. The van der Waals surface area contributed by atoms with Crippen LogP contribution in [0.4, 0.5) is 0 Å². The van der Waals surface area contributed by atoms with Crippen LogP contribution in [0.5, 0.6) is 0 Å². The lowest BCUT2D eigenvalue weighted by Gasteiger charge is -2.01. The Morgan fingerprint density at radius 1 is 1.30 bits per heavy atom. The van der Waals surface area contributed by atoms with E-state index in [1.165, 1.54) is 5.57 Å². The average Bonchev–Trinajstić information content (AvgIpc) is 1.90. The predicted octanol–water partition coefficient (Wildman–Crippen LogP) is 3.33. The van der Waals surface area contributed by atoms with Gasteiger partial charge in [-0.2, -0.15) is 0 Å². The van der Waals surface area contributed by atoms with Crippen LogP contribution in [0.2, 0.25) is 0 Å². The Hall–Kier alpha value is -0.780. The van der Waals surface area contributed by atoms with E-state index in [0.29, 0.717) is 5.92 Å². The second-order valence-electron chi connectivity index (χ2n) is 2.65. The third-order valence-corrected chi connectivity index (χ3v) is 1.40. The van der Waals surface area contributed by atoms with Gasteiger partial charge in [-0.3, -0.25) is 0 Å². The second kappa shape index (κ2) is 5.04. The summed E-state index contributed by atoms with van der Waals surface area (Å²) in [5, 5.41) is 0. The molecule has 0 heterocycles. The maximum atomic E-state index is 3.71. The first kappa shape index (κ1) is 9.22. The van der Waals surface area contributed by atoms with Gasteiger partial charge in [0.05, 0.1) is 0 Å². The lowest BCUT2D eigenvalue weighted by atomic mass is 10.0. The molecular formula is C10H16. The molecule has 0 aliphatic carbocycles. The van der Waals surface area contributed by atoms with Crippen LogP contribution >= 0.6 is 0 Å². The smallest absolute Gasteiger partial charge is 0.00242 e. The Kier molecular flexibility index (Phi) is 4.65. The predicted molar refractivity (Wildman–Crippen MR) is 47.9 cm³/mol. The van der Waals surface area contributed by atoms with Crippen LogP contribution in [-0.4, -0.2) is 0 Å². The monoisotopic (exact) mass is 136 g/mol. The fourth-order valence-electron chi connectivity index (χ4n) is 0.660. The molecule has 0 aromatic heterocycles. The van der Waals surface area contributed by atoms with Crippen molar-refractivity contribution in [2.45, 2.75) is 20.3 Å². The first-order chi connectivity index (χ1) is 4.70. The summed E-state index contributed by atoms with van der Waals surface area (Å²) in [5.74, 6) is 0.440. The summed E-state index contributed by atoms with van der Waals surface area (Å²) in [4.78, 5) is 0. The van der Waals surface area contributed by atoms with E-state index in [9.17, 15) is 0 Å². The highest BCUT2D eigenvalue weighted by atomic mass is 14.0. The molecule has 0 aliphatic heterocycles. The molecule has 10 heavy (non-hydrogen) atoms. The second-order valence-corrected chi connectivity index (χ2v) is 2.65. The molecule has 0 atom stereocenters. The fraction of sp³-hybridized carbons (Fsp3) is 0.400. The molecular weight excluding hydrogens is 120 g/mol. The average molecular weight is 136 g/mol. The topological polar surface area (TPSA) is 0 Å². The Labute approximate surface area is 64.0 Å². The maximum Gasteiger partial charge on any atom is -0.00242 e. The molecule has 56 valence electrons. The minimum Gasteiger partial charge on any atom is -0.102 e. The molecule has 0 amide bonds. The number of hydrogen-bond acceptors (Lipinski definition) is 0. The van der Waals surface area contributed by atoms with E-state index in [-0.39, 0.29) is 0 Å². The van der Waals surface area contributed by atoms with Crippen LogP contribution in [0.15, 0.2) is 37.0 Å². The van der Waals surface area contributed by atoms with Gasteiger partial charge in [0.25, 0.3) is 0 Å². The molecule has 0 rings (SSSR count). The third kappa shape index (κ3) is 4.13. The highest BCUT2D eigenvalue weighted by Gasteiger charge is 1.92. The lowest BCUT2D eigenvalue weighted by molar-refractivity contribution is 0.831. The molecule has 0 radical (unpaired) electrons. The maximum absolute atomic E-state index is 3.71. The summed E-state index contributed by atoms with van der Waals surface area (Å²) in [6.07, 6.45) is 7.09. The first-order valence-corrected chi connectivity index (χ1v) is 3.59. The normalized spacial score (nSPS) is 9.10. The summed E-state index contributed by atoms with van der Waals surface area (Å²) in [7, 11) is 0. The molecule has 0 N–H and O–H groups in total. The standard InChI is InChI=1S/C10H16/c1-5-10(6-2)8-7-9(3)4/h5-7,10H,1-2,8H2,3-4H3. The molecule has 0 saturated heterocycles. The van der Waals surface area contributed by atoms with Crippen molar-refractivity contribution in [3.8, 4) is 0 Å². The van der Waals surface area contributed by atoms with E-state index in [4.69, 9.17) is 0 Å². The van der Waals surface area contributed by atoms with Crippen molar-refractivity contribution in [2.75, 3.05) is 0 Å². The largest absolute Gasteiger partial charge is 0.102 e. The van der Waals surface area contributed by atoms with Crippen molar-refractivity contribution >= 4 is 0 Å². The van der Waals surface area contributed by atoms with E-state index in [1.54, 1.807) is 0 Å². The molecule has 0 heteroatoms. The van der Waals surface area contributed by atoms with Gasteiger partial charge in [0.15, 0.2) is 0 Å². The Morgan fingerprint density at radius 2 is 1.80 bits per heavy atom. The minimum atomic E-state index is 0.440. The van der Waals surface area contributed by atoms with Crippen molar-refractivity contribution in [3.63, 3.8) is 0 Å². The molecule has 0 aliphatic rings. The fourth-order valence-corrected chi connectivity index (χ4v) is 0.660. The van der Waals surface area contributed by atoms with Crippen molar-refractivity contribution in [1.29, 1.82) is 0 Å². The van der Waals surface area contributed by atoms with Crippen molar-refractivity contribution < 1.29 is 0 Å². The van der Waals surface area contributed by atoms with Crippen molar-refractivity contribution in [1.82, 2.24) is 0 Å². The summed E-state index contributed by atoms with van der Waals surface area (Å²) >= 11 is 0. The van der Waals surface area contributed by atoms with Crippen LogP contribution in [0.1, 0.15) is 20.3 Å². The number of allylic oxidation sites excluding steroid dienone is 4. The van der Waals surface area contributed by atoms with Crippen LogP contribution < -0.4 is 0 Å². The van der Waals surface area contributed by atoms with Gasteiger partial charge in [-0.25, -0.2) is 0 Å². The number of rotatable bonds is 4. The van der Waals surface area contributed by atoms with Gasteiger partial charge in [-0.15, -0.1) is 13.2 Å². The van der Waals surface area contributed by atoms with Gasteiger partial charge in [-0.05, 0) is 26.2 Å². The van der Waals surface area contributed by atoms with E-state index < -0.39 is 0 Å². The molecule has 0 unspecified atom stereocenters. The van der Waals surface area contributed by atoms with E-state index in [1.807, 2.05) is 12.2 Å². The van der Waals surface area contributed by atoms with E-state index in [0.717, 1.165) is 6.42 Å². The van der Waals surface area contributed by atoms with Gasteiger partial charge in [-0.1, -0.05) is 23.8 Å². The van der Waals surface area contributed by atoms with Gasteiger partial charge in [0.2, 0.25) is 0 Å². The van der Waals surface area contributed by atoms with Gasteiger partial charge >= 0.3 is 0 Å². The Morgan fingerprint density at radius 3 is 2.10 bits per heavy atom. The highest BCUT2D eigenvalue weighted by molar-refractivity contribution is 5.01. The highest BCUT2D eigenvalue weighted by Crippen LogP contribution is 2.07. The Balaban J connectivity index is 3.75. The Bertz CT molecular complexity index is 128. The zero-order valence-corrected chi connectivity index (χ0v) is 6.93. The number of hydrogen-bond donors (Lipinski definition) is 0. The van der Waals surface area contributed by atoms with Crippen LogP contribution in [0.25, 0.3) is 0 Å². The van der Waals surface area contributed by atoms with E-state index >= 15 is 0 Å². The summed E-state index contributed by atoms with van der Waals surface area (Å²) in [5.41, 5.74) is 1.36. The van der Waals surface area contributed by atoms with Crippen molar-refractivity contribution in [2.24, 2.45) is 5.92 Å². The van der Waals surface area contributed by atoms with Gasteiger partial charge < -0.3 is 0 Å². The molecule has 0 bridgehead atoms. The zero-order valence-electron chi connectivity index (χ0n) is 6.93. The van der Waals surface area contributed by atoms with E-state index in [2.05, 4.69) is 33.1 Å². The molecule has 0 saturated carbocycles. The quantitative estimate of drug-likeness (QED) is 0.520. The van der Waals surface area contributed by atoms with Crippen LogP contribution in [-0.2, 0) is 0 Å². The molecule has 0 aromatic carbocycles. The zero-order chi connectivity index (χ0) is 7.98. The minimum absolute atomic E-state index is 0.440. The first-order valence-electron chi connectivity index (χ1n) is 3.59. The summed E-state index contributed by atoms with van der Waals surface area (Å²) in [6, 6.07) is 0. The SMILES string of the molecule is C=CC(C=C)CC=C(C)C. The molecule has 0 spiro atoms. The van der Waals surface area contributed by atoms with Crippen LogP contribution in [0, 0.1) is 5.92 Å². The molecule has 0 fully saturated rings. The summed E-state index contributed by atoms with van der Waals surface area (Å²) in [6.45, 7) is 11.6.